The fraction of sp³-hybridized carbons (Fsp3) is 0.562. The Morgan fingerprint density at radius 3 is 2.55 bits per heavy atom. The second-order valence-electron chi connectivity index (χ2n) is 6.42. The summed E-state index contributed by atoms with van der Waals surface area (Å²) in [6.45, 7) is 9.11. The summed E-state index contributed by atoms with van der Waals surface area (Å²) < 4.78 is 5.38. The zero-order chi connectivity index (χ0) is 16.2. The Balaban J connectivity index is 1.84. The Bertz CT molecular complexity index is 532. The van der Waals surface area contributed by atoms with E-state index in [4.69, 9.17) is 4.74 Å². The maximum Gasteiger partial charge on any atom is 0.410 e. The Kier molecular flexibility index (Phi) is 5.13. The zero-order valence-electron chi connectivity index (χ0n) is 13.4. The van der Waals surface area contributed by atoms with Crippen LogP contribution in [0.1, 0.15) is 37.0 Å². The molecule has 22 heavy (non-hydrogen) atoms. The van der Waals surface area contributed by atoms with Crippen LogP contribution in [0.2, 0.25) is 0 Å². The molecule has 1 aliphatic heterocycles. The first-order valence-electron chi connectivity index (χ1n) is 7.49. The van der Waals surface area contributed by atoms with Crippen molar-refractivity contribution >= 4 is 12.4 Å². The summed E-state index contributed by atoms with van der Waals surface area (Å²) in [4.78, 5) is 31.0. The lowest BCUT2D eigenvalue weighted by molar-refractivity contribution is 0.0138. The number of nitrogens with zero attached hydrogens (tertiary/aromatic N) is 3. The van der Waals surface area contributed by atoms with Crippen LogP contribution in [0, 0.1) is 0 Å². The fourth-order valence-corrected chi connectivity index (χ4v) is 2.30. The lowest BCUT2D eigenvalue weighted by Gasteiger charge is -2.35. The molecule has 0 aromatic carbocycles. The van der Waals surface area contributed by atoms with Crippen molar-refractivity contribution in [3.63, 3.8) is 0 Å². The van der Waals surface area contributed by atoms with Crippen LogP contribution < -0.4 is 0 Å². The summed E-state index contributed by atoms with van der Waals surface area (Å²) in [5, 5.41) is 0. The Morgan fingerprint density at radius 2 is 1.95 bits per heavy atom. The molecule has 0 atom stereocenters. The molecule has 0 aliphatic carbocycles. The number of rotatable bonds is 3. The maximum atomic E-state index is 12.0. The predicted molar refractivity (Wildman–Crippen MR) is 82.7 cm³/mol. The van der Waals surface area contributed by atoms with Gasteiger partial charge in [-0.25, -0.2) is 9.78 Å². The van der Waals surface area contributed by atoms with Gasteiger partial charge in [0, 0.05) is 32.7 Å². The van der Waals surface area contributed by atoms with Gasteiger partial charge in [-0.15, -0.1) is 0 Å². The molecule has 1 saturated heterocycles. The van der Waals surface area contributed by atoms with Gasteiger partial charge in [0.1, 0.15) is 11.3 Å². The number of aromatic nitrogens is 1. The number of ether oxygens (including phenoxy) is 1. The maximum absolute atomic E-state index is 12.0. The van der Waals surface area contributed by atoms with Crippen LogP contribution in [-0.4, -0.2) is 58.9 Å². The molecule has 0 saturated carbocycles. The highest BCUT2D eigenvalue weighted by Crippen LogP contribution is 2.13. The smallest absolute Gasteiger partial charge is 0.410 e. The van der Waals surface area contributed by atoms with Crippen LogP contribution in [0.3, 0.4) is 0 Å². The van der Waals surface area contributed by atoms with Crippen LogP contribution in [0.5, 0.6) is 0 Å². The molecule has 0 bridgehead atoms. The van der Waals surface area contributed by atoms with Crippen molar-refractivity contribution in [3.05, 3.63) is 29.6 Å². The number of piperazine rings is 1. The Labute approximate surface area is 131 Å². The van der Waals surface area contributed by atoms with Crippen LogP contribution >= 0.6 is 0 Å². The minimum atomic E-state index is -0.465. The van der Waals surface area contributed by atoms with Crippen LogP contribution in [0.25, 0.3) is 0 Å². The molecule has 1 aromatic heterocycles. The standard InChI is InChI=1S/C16H23N3O3/c1-16(2,3)22-15(21)19-9-7-18(8-10-19)11-13-5-4-6-14(12-20)17-13/h4-6,12H,7-11H2,1-3H3. The first-order chi connectivity index (χ1) is 10.4. The molecule has 0 unspecified atom stereocenters. The number of aldehydes is 1. The molecule has 0 N–H and O–H groups in total. The van der Waals surface area contributed by atoms with Gasteiger partial charge in [-0.05, 0) is 32.9 Å². The molecule has 6 nitrogen and oxygen atoms in total. The third kappa shape index (κ3) is 4.80. The van der Waals surface area contributed by atoms with Crippen LogP contribution in [0.4, 0.5) is 4.79 Å². The molecule has 0 radical (unpaired) electrons. The van der Waals surface area contributed by atoms with Crippen LogP contribution in [-0.2, 0) is 11.3 Å². The average molecular weight is 305 g/mol. The van der Waals surface area contributed by atoms with E-state index in [1.54, 1.807) is 11.0 Å². The monoisotopic (exact) mass is 305 g/mol. The second-order valence-corrected chi connectivity index (χ2v) is 6.42. The topological polar surface area (TPSA) is 62.7 Å². The van der Waals surface area contributed by atoms with E-state index in [-0.39, 0.29) is 6.09 Å². The van der Waals surface area contributed by atoms with Gasteiger partial charge in [0.25, 0.3) is 0 Å². The van der Waals surface area contributed by atoms with E-state index in [0.29, 0.717) is 25.3 Å². The largest absolute Gasteiger partial charge is 0.444 e. The van der Waals surface area contributed by atoms with Crippen LogP contribution in [0.15, 0.2) is 18.2 Å². The first kappa shape index (κ1) is 16.4. The van der Waals surface area contributed by atoms with Gasteiger partial charge in [-0.1, -0.05) is 6.07 Å². The molecule has 120 valence electrons. The summed E-state index contributed by atoms with van der Waals surface area (Å²) in [5.41, 5.74) is 0.855. The quantitative estimate of drug-likeness (QED) is 0.799. The third-order valence-electron chi connectivity index (χ3n) is 3.36. The average Bonchev–Trinajstić information content (AvgIpc) is 2.46. The number of amides is 1. The molecule has 6 heteroatoms. The first-order valence-corrected chi connectivity index (χ1v) is 7.49. The van der Waals surface area contributed by atoms with Crippen molar-refractivity contribution in [3.8, 4) is 0 Å². The molecular weight excluding hydrogens is 282 g/mol. The summed E-state index contributed by atoms with van der Waals surface area (Å²) in [6, 6.07) is 5.44. The van der Waals surface area contributed by atoms with Crippen molar-refractivity contribution < 1.29 is 14.3 Å². The third-order valence-corrected chi connectivity index (χ3v) is 3.36. The highest BCUT2D eigenvalue weighted by molar-refractivity contribution is 5.71. The normalized spacial score (nSPS) is 16.4. The lowest BCUT2D eigenvalue weighted by atomic mass is 10.2. The van der Waals surface area contributed by atoms with Gasteiger partial charge in [-0.2, -0.15) is 0 Å². The molecule has 1 fully saturated rings. The van der Waals surface area contributed by atoms with Gasteiger partial charge in [0.05, 0.1) is 5.69 Å². The Morgan fingerprint density at radius 1 is 1.27 bits per heavy atom. The minimum Gasteiger partial charge on any atom is -0.444 e. The van der Waals surface area contributed by atoms with Gasteiger partial charge >= 0.3 is 6.09 Å². The summed E-state index contributed by atoms with van der Waals surface area (Å²) in [6.07, 6.45) is 0.498. The summed E-state index contributed by atoms with van der Waals surface area (Å²) in [5.74, 6) is 0. The molecular formula is C16H23N3O3. The van der Waals surface area contributed by atoms with Gasteiger partial charge < -0.3 is 9.64 Å². The summed E-state index contributed by atoms with van der Waals surface area (Å²) >= 11 is 0. The van der Waals surface area contributed by atoms with Crippen molar-refractivity contribution in [2.45, 2.75) is 32.9 Å². The SMILES string of the molecule is CC(C)(C)OC(=O)N1CCN(Cc2cccc(C=O)n2)CC1. The number of hydrogen-bond acceptors (Lipinski definition) is 5. The molecule has 1 aliphatic rings. The van der Waals surface area contributed by atoms with E-state index in [2.05, 4.69) is 9.88 Å². The highest BCUT2D eigenvalue weighted by Gasteiger charge is 2.25. The zero-order valence-corrected chi connectivity index (χ0v) is 13.4. The number of pyridine rings is 1. The van der Waals surface area contributed by atoms with Crippen molar-refractivity contribution in [2.24, 2.45) is 0 Å². The minimum absolute atomic E-state index is 0.256. The second kappa shape index (κ2) is 6.87. The lowest BCUT2D eigenvalue weighted by Crippen LogP contribution is -2.49. The molecule has 1 aromatic rings. The van der Waals surface area contributed by atoms with E-state index in [1.807, 2.05) is 32.9 Å². The number of hydrogen-bond donors (Lipinski definition) is 0. The van der Waals surface area contributed by atoms with E-state index in [0.717, 1.165) is 25.1 Å². The molecule has 1 amide bonds. The highest BCUT2D eigenvalue weighted by atomic mass is 16.6. The number of carbonyl (C=O) groups excluding carboxylic acids is 2. The van der Waals surface area contributed by atoms with Crippen molar-refractivity contribution in [1.29, 1.82) is 0 Å². The summed E-state index contributed by atoms with van der Waals surface area (Å²) in [7, 11) is 0. The molecule has 2 heterocycles. The predicted octanol–water partition coefficient (Wildman–Crippen LogP) is 1.95. The van der Waals surface area contributed by atoms with E-state index in [9.17, 15) is 9.59 Å². The van der Waals surface area contributed by atoms with Gasteiger partial charge in [0.15, 0.2) is 6.29 Å². The van der Waals surface area contributed by atoms with Gasteiger partial charge in [-0.3, -0.25) is 9.69 Å². The fourth-order valence-electron chi connectivity index (χ4n) is 2.30. The molecule has 0 spiro atoms. The van der Waals surface area contributed by atoms with Gasteiger partial charge in [0.2, 0.25) is 0 Å². The van der Waals surface area contributed by atoms with E-state index >= 15 is 0 Å². The molecule has 2 rings (SSSR count). The van der Waals surface area contributed by atoms with E-state index < -0.39 is 5.60 Å². The Hall–Kier alpha value is -1.95. The van der Waals surface area contributed by atoms with Crippen molar-refractivity contribution in [2.75, 3.05) is 26.2 Å². The van der Waals surface area contributed by atoms with E-state index in [1.165, 1.54) is 0 Å². The van der Waals surface area contributed by atoms with Crippen molar-refractivity contribution in [1.82, 2.24) is 14.8 Å². The number of carbonyl (C=O) groups is 2.